The molecule has 1 amide bonds. The zero-order valence-corrected chi connectivity index (χ0v) is 17.0. The van der Waals surface area contributed by atoms with E-state index in [1.165, 1.54) is 11.8 Å². The molecule has 0 spiro atoms. The monoisotopic (exact) mass is 416 g/mol. The first-order valence-electron chi connectivity index (χ1n) is 8.87. The summed E-state index contributed by atoms with van der Waals surface area (Å²) in [5, 5.41) is 12.2. The molecule has 1 heterocycles. The van der Waals surface area contributed by atoms with Crippen LogP contribution in [0.1, 0.15) is 12.0 Å². The predicted molar refractivity (Wildman–Crippen MR) is 111 cm³/mol. The van der Waals surface area contributed by atoms with Gasteiger partial charge in [-0.3, -0.25) is 9.36 Å². The molecule has 2 aromatic carbocycles. The third-order valence-corrected chi connectivity index (χ3v) is 5.29. The van der Waals surface area contributed by atoms with Crippen molar-refractivity contribution in [2.45, 2.75) is 18.5 Å². The highest BCUT2D eigenvalue weighted by atomic mass is 35.5. The standard InChI is InChI=1S/C20H21ClN4O2S/c1-15-8-9-16(12-18(15)21)25-14-23-24-20(25)28-13-19(26)22-10-5-11-27-17-6-3-2-4-7-17/h2-4,6-9,12,14H,5,10-11,13H2,1H3,(H,22,26). The van der Waals surface area contributed by atoms with Gasteiger partial charge >= 0.3 is 0 Å². The molecule has 8 heteroatoms. The van der Waals surface area contributed by atoms with Crippen molar-refractivity contribution in [1.82, 2.24) is 20.1 Å². The van der Waals surface area contributed by atoms with Crippen molar-refractivity contribution in [3.05, 3.63) is 65.4 Å². The summed E-state index contributed by atoms with van der Waals surface area (Å²) >= 11 is 7.53. The van der Waals surface area contributed by atoms with Crippen molar-refractivity contribution in [2.24, 2.45) is 0 Å². The molecule has 0 fully saturated rings. The molecule has 0 aliphatic carbocycles. The van der Waals surface area contributed by atoms with Gasteiger partial charge in [-0.15, -0.1) is 10.2 Å². The summed E-state index contributed by atoms with van der Waals surface area (Å²) in [6, 6.07) is 15.4. The number of halogens is 1. The lowest BCUT2D eigenvalue weighted by Gasteiger charge is -2.09. The minimum atomic E-state index is -0.0544. The Balaban J connectivity index is 1.41. The van der Waals surface area contributed by atoms with Crippen LogP contribution in [-0.4, -0.2) is 39.6 Å². The highest BCUT2D eigenvalue weighted by molar-refractivity contribution is 7.99. The average Bonchev–Trinajstić information content (AvgIpc) is 3.18. The number of aryl methyl sites for hydroxylation is 1. The molecular formula is C20H21ClN4O2S. The number of nitrogens with one attached hydrogen (secondary N) is 1. The Labute approximate surface area is 173 Å². The second kappa shape index (κ2) is 10.1. The minimum Gasteiger partial charge on any atom is -0.494 e. The summed E-state index contributed by atoms with van der Waals surface area (Å²) in [5.41, 5.74) is 1.87. The number of aromatic nitrogens is 3. The summed E-state index contributed by atoms with van der Waals surface area (Å²) < 4.78 is 7.42. The summed E-state index contributed by atoms with van der Waals surface area (Å²) in [4.78, 5) is 12.1. The highest BCUT2D eigenvalue weighted by Gasteiger charge is 2.11. The number of carbonyl (C=O) groups is 1. The number of rotatable bonds is 9. The maximum atomic E-state index is 12.1. The third-order valence-electron chi connectivity index (χ3n) is 3.94. The maximum Gasteiger partial charge on any atom is 0.230 e. The van der Waals surface area contributed by atoms with Gasteiger partial charge in [0.15, 0.2) is 5.16 Å². The number of amides is 1. The lowest BCUT2D eigenvalue weighted by atomic mass is 10.2. The molecule has 0 radical (unpaired) electrons. The molecule has 0 aliphatic heterocycles. The first kappa shape index (κ1) is 20.2. The molecule has 0 aliphatic rings. The van der Waals surface area contributed by atoms with Crippen LogP contribution in [-0.2, 0) is 4.79 Å². The van der Waals surface area contributed by atoms with Crippen molar-refractivity contribution in [2.75, 3.05) is 18.9 Å². The summed E-state index contributed by atoms with van der Waals surface area (Å²) in [6.07, 6.45) is 2.35. The number of hydrogen-bond donors (Lipinski definition) is 1. The number of ether oxygens (including phenoxy) is 1. The number of nitrogens with zero attached hydrogens (tertiary/aromatic N) is 3. The van der Waals surface area contributed by atoms with Crippen LogP contribution in [0.15, 0.2) is 60.0 Å². The van der Waals surface area contributed by atoms with Gasteiger partial charge in [-0.1, -0.05) is 47.6 Å². The first-order chi connectivity index (χ1) is 13.6. The number of thioether (sulfide) groups is 1. The van der Waals surface area contributed by atoms with E-state index in [0.717, 1.165) is 23.4 Å². The van der Waals surface area contributed by atoms with Crippen LogP contribution >= 0.6 is 23.4 Å². The van der Waals surface area contributed by atoms with Crippen LogP contribution in [0, 0.1) is 6.92 Å². The quantitative estimate of drug-likeness (QED) is 0.423. The molecule has 0 atom stereocenters. The lowest BCUT2D eigenvalue weighted by Crippen LogP contribution is -2.27. The van der Waals surface area contributed by atoms with E-state index in [4.69, 9.17) is 16.3 Å². The number of carbonyl (C=O) groups excluding carboxylic acids is 1. The molecule has 28 heavy (non-hydrogen) atoms. The third kappa shape index (κ3) is 5.74. The van der Waals surface area contributed by atoms with Gasteiger partial charge in [-0.25, -0.2) is 0 Å². The van der Waals surface area contributed by atoms with Gasteiger partial charge in [0.1, 0.15) is 12.1 Å². The molecule has 1 aromatic heterocycles. The van der Waals surface area contributed by atoms with E-state index in [2.05, 4.69) is 15.5 Å². The van der Waals surface area contributed by atoms with Crippen LogP contribution in [0.5, 0.6) is 5.75 Å². The maximum absolute atomic E-state index is 12.1. The molecule has 0 saturated carbocycles. The zero-order chi connectivity index (χ0) is 19.8. The SMILES string of the molecule is Cc1ccc(-n2cnnc2SCC(=O)NCCCOc2ccccc2)cc1Cl. The molecule has 0 bridgehead atoms. The molecule has 146 valence electrons. The Morgan fingerprint density at radius 2 is 2.07 bits per heavy atom. The fourth-order valence-electron chi connectivity index (χ4n) is 2.42. The molecule has 0 unspecified atom stereocenters. The average molecular weight is 417 g/mol. The fraction of sp³-hybridized carbons (Fsp3) is 0.250. The van der Waals surface area contributed by atoms with E-state index in [-0.39, 0.29) is 11.7 Å². The predicted octanol–water partition coefficient (Wildman–Crippen LogP) is 3.91. The Morgan fingerprint density at radius 3 is 2.86 bits per heavy atom. The number of benzene rings is 2. The summed E-state index contributed by atoms with van der Waals surface area (Å²) in [6.45, 7) is 3.07. The lowest BCUT2D eigenvalue weighted by molar-refractivity contribution is -0.118. The van der Waals surface area contributed by atoms with E-state index < -0.39 is 0 Å². The Morgan fingerprint density at radius 1 is 1.25 bits per heavy atom. The second-order valence-electron chi connectivity index (χ2n) is 6.07. The molecular weight excluding hydrogens is 396 g/mol. The topological polar surface area (TPSA) is 69.0 Å². The molecule has 3 aromatic rings. The van der Waals surface area contributed by atoms with Crippen molar-refractivity contribution < 1.29 is 9.53 Å². The Hall–Kier alpha value is -2.51. The summed E-state index contributed by atoms with van der Waals surface area (Å²) in [7, 11) is 0. The smallest absolute Gasteiger partial charge is 0.230 e. The summed E-state index contributed by atoms with van der Waals surface area (Å²) in [5.74, 6) is 1.04. The number of para-hydroxylation sites is 1. The van der Waals surface area contributed by atoms with Crippen LogP contribution in [0.25, 0.3) is 5.69 Å². The number of hydrogen-bond acceptors (Lipinski definition) is 5. The van der Waals surface area contributed by atoms with Gasteiger partial charge in [0.05, 0.1) is 18.0 Å². The van der Waals surface area contributed by atoms with E-state index in [1.54, 1.807) is 6.33 Å². The van der Waals surface area contributed by atoms with Crippen LogP contribution in [0.2, 0.25) is 5.02 Å². The van der Waals surface area contributed by atoms with Crippen LogP contribution < -0.4 is 10.1 Å². The van der Waals surface area contributed by atoms with Gasteiger partial charge in [0, 0.05) is 11.6 Å². The van der Waals surface area contributed by atoms with E-state index >= 15 is 0 Å². The first-order valence-corrected chi connectivity index (χ1v) is 10.2. The zero-order valence-electron chi connectivity index (χ0n) is 15.5. The molecule has 0 saturated heterocycles. The van der Waals surface area contributed by atoms with E-state index in [0.29, 0.717) is 23.3 Å². The molecule has 1 N–H and O–H groups in total. The van der Waals surface area contributed by atoms with Crippen molar-refractivity contribution >= 4 is 29.3 Å². The highest BCUT2D eigenvalue weighted by Crippen LogP contribution is 2.23. The largest absolute Gasteiger partial charge is 0.494 e. The Kier molecular flexibility index (Phi) is 7.33. The van der Waals surface area contributed by atoms with Gasteiger partial charge in [0.25, 0.3) is 0 Å². The van der Waals surface area contributed by atoms with E-state index in [9.17, 15) is 4.79 Å². The van der Waals surface area contributed by atoms with Gasteiger partial charge < -0.3 is 10.1 Å². The van der Waals surface area contributed by atoms with Crippen LogP contribution in [0.4, 0.5) is 0 Å². The molecule has 6 nitrogen and oxygen atoms in total. The van der Waals surface area contributed by atoms with Crippen molar-refractivity contribution in [3.8, 4) is 11.4 Å². The Bertz CT molecular complexity index is 918. The van der Waals surface area contributed by atoms with Crippen LogP contribution in [0.3, 0.4) is 0 Å². The second-order valence-corrected chi connectivity index (χ2v) is 7.42. The van der Waals surface area contributed by atoms with E-state index in [1.807, 2.05) is 60.0 Å². The van der Waals surface area contributed by atoms with Gasteiger partial charge in [-0.05, 0) is 43.2 Å². The molecule has 3 rings (SSSR count). The van der Waals surface area contributed by atoms with Gasteiger partial charge in [0.2, 0.25) is 5.91 Å². The minimum absolute atomic E-state index is 0.0544. The fourth-order valence-corrected chi connectivity index (χ4v) is 3.35. The van der Waals surface area contributed by atoms with Crippen molar-refractivity contribution in [1.29, 1.82) is 0 Å². The van der Waals surface area contributed by atoms with Crippen molar-refractivity contribution in [3.63, 3.8) is 0 Å². The van der Waals surface area contributed by atoms with Gasteiger partial charge in [-0.2, -0.15) is 0 Å². The normalized spacial score (nSPS) is 10.6.